The van der Waals surface area contributed by atoms with E-state index in [1.165, 1.54) is 10.9 Å². The Labute approximate surface area is 111 Å². The molecular weight excluding hydrogens is 240 g/mol. The molecule has 3 aromatic rings. The molecular formula is C15H16N2O2. The van der Waals surface area contributed by atoms with Crippen LogP contribution in [0.15, 0.2) is 45.5 Å². The van der Waals surface area contributed by atoms with Crippen LogP contribution in [0.5, 0.6) is 0 Å². The van der Waals surface area contributed by atoms with Gasteiger partial charge in [0.1, 0.15) is 17.1 Å². The molecule has 0 fully saturated rings. The Bertz CT molecular complexity index is 671. The summed E-state index contributed by atoms with van der Waals surface area (Å²) in [5, 5.41) is 8.23. The molecule has 1 unspecified atom stereocenters. The van der Waals surface area contributed by atoms with Gasteiger partial charge >= 0.3 is 0 Å². The van der Waals surface area contributed by atoms with Gasteiger partial charge in [-0.1, -0.05) is 23.4 Å². The van der Waals surface area contributed by atoms with E-state index in [-0.39, 0.29) is 6.04 Å². The van der Waals surface area contributed by atoms with Crippen molar-refractivity contribution in [2.45, 2.75) is 26.4 Å². The third-order valence-electron chi connectivity index (χ3n) is 3.35. The minimum Gasteiger partial charge on any atom is -0.459 e. The van der Waals surface area contributed by atoms with Gasteiger partial charge in [0, 0.05) is 11.5 Å². The van der Waals surface area contributed by atoms with Crippen LogP contribution in [-0.4, -0.2) is 5.16 Å². The number of para-hydroxylation sites is 1. The number of aryl methyl sites for hydroxylation is 1. The van der Waals surface area contributed by atoms with E-state index in [1.807, 2.05) is 24.3 Å². The Morgan fingerprint density at radius 1 is 1.26 bits per heavy atom. The molecule has 2 heterocycles. The quantitative estimate of drug-likeness (QED) is 0.775. The first-order chi connectivity index (χ1) is 9.25. The van der Waals surface area contributed by atoms with Gasteiger partial charge in [-0.05, 0) is 25.5 Å². The van der Waals surface area contributed by atoms with E-state index in [0.29, 0.717) is 6.54 Å². The van der Waals surface area contributed by atoms with Crippen LogP contribution >= 0.6 is 0 Å². The highest BCUT2D eigenvalue weighted by atomic mass is 16.5. The molecule has 0 spiro atoms. The van der Waals surface area contributed by atoms with Gasteiger partial charge in [0.05, 0.1) is 18.8 Å². The molecule has 2 aromatic heterocycles. The predicted octanol–water partition coefficient (Wildman–Crippen LogP) is 3.58. The summed E-state index contributed by atoms with van der Waals surface area (Å²) in [6.45, 7) is 4.81. The molecule has 1 aromatic carbocycles. The molecule has 19 heavy (non-hydrogen) atoms. The van der Waals surface area contributed by atoms with E-state index in [4.69, 9.17) is 8.94 Å². The summed E-state index contributed by atoms with van der Waals surface area (Å²) in [6.07, 6.45) is 1.65. The molecule has 0 saturated carbocycles. The Morgan fingerprint density at radius 2 is 2.11 bits per heavy atom. The Morgan fingerprint density at radius 3 is 2.84 bits per heavy atom. The summed E-state index contributed by atoms with van der Waals surface area (Å²) in [6, 6.07) is 10.1. The van der Waals surface area contributed by atoms with Gasteiger partial charge < -0.3 is 14.3 Å². The Balaban J connectivity index is 1.81. The summed E-state index contributed by atoms with van der Waals surface area (Å²) in [4.78, 5) is 0. The van der Waals surface area contributed by atoms with Crippen molar-refractivity contribution < 1.29 is 8.94 Å². The number of rotatable bonds is 4. The number of hydrogen-bond donors (Lipinski definition) is 1. The van der Waals surface area contributed by atoms with Crippen molar-refractivity contribution in [3.8, 4) is 0 Å². The first-order valence-electron chi connectivity index (χ1n) is 6.36. The zero-order valence-corrected chi connectivity index (χ0v) is 11.0. The lowest BCUT2D eigenvalue weighted by atomic mass is 10.1. The molecule has 98 valence electrons. The van der Waals surface area contributed by atoms with E-state index < -0.39 is 0 Å². The molecule has 0 radical (unpaired) electrons. The van der Waals surface area contributed by atoms with Crippen molar-refractivity contribution in [2.75, 3.05) is 0 Å². The van der Waals surface area contributed by atoms with Gasteiger partial charge in [-0.2, -0.15) is 0 Å². The van der Waals surface area contributed by atoms with Crippen molar-refractivity contribution in [1.29, 1.82) is 0 Å². The fraction of sp³-hybridized carbons (Fsp3) is 0.267. The highest BCUT2D eigenvalue weighted by Gasteiger charge is 2.16. The van der Waals surface area contributed by atoms with E-state index >= 15 is 0 Å². The second kappa shape index (κ2) is 4.90. The summed E-state index contributed by atoms with van der Waals surface area (Å²) >= 11 is 0. The number of fused-ring (bicyclic) bond motifs is 1. The van der Waals surface area contributed by atoms with E-state index in [9.17, 15) is 0 Å². The van der Waals surface area contributed by atoms with Gasteiger partial charge in [0.25, 0.3) is 0 Å². The molecule has 0 aliphatic heterocycles. The number of furan rings is 1. The third-order valence-corrected chi connectivity index (χ3v) is 3.35. The Hall–Kier alpha value is -2.07. The normalized spacial score (nSPS) is 12.9. The van der Waals surface area contributed by atoms with Crippen molar-refractivity contribution >= 4 is 11.0 Å². The number of nitrogens with zero attached hydrogens (tertiary/aromatic N) is 1. The maximum Gasteiger partial charge on any atom is 0.150 e. The van der Waals surface area contributed by atoms with Gasteiger partial charge in [0.15, 0.2) is 0 Å². The lowest BCUT2D eigenvalue weighted by molar-refractivity contribution is 0.357. The van der Waals surface area contributed by atoms with Crippen LogP contribution < -0.4 is 5.32 Å². The molecule has 0 bridgehead atoms. The monoisotopic (exact) mass is 256 g/mol. The zero-order chi connectivity index (χ0) is 13.2. The van der Waals surface area contributed by atoms with Crippen LogP contribution in [0.25, 0.3) is 11.0 Å². The first-order valence-corrected chi connectivity index (χ1v) is 6.36. The van der Waals surface area contributed by atoms with Crippen molar-refractivity contribution in [3.63, 3.8) is 0 Å². The number of aromatic nitrogens is 1. The number of benzene rings is 1. The van der Waals surface area contributed by atoms with Crippen molar-refractivity contribution in [1.82, 2.24) is 10.5 Å². The summed E-state index contributed by atoms with van der Waals surface area (Å²) in [5.41, 5.74) is 2.12. The highest BCUT2D eigenvalue weighted by Crippen LogP contribution is 2.29. The van der Waals surface area contributed by atoms with Crippen LogP contribution in [0, 0.1) is 6.92 Å². The van der Waals surface area contributed by atoms with E-state index in [2.05, 4.69) is 30.4 Å². The molecule has 4 nitrogen and oxygen atoms in total. The summed E-state index contributed by atoms with van der Waals surface area (Å²) < 4.78 is 11.0. The molecule has 0 aliphatic rings. The first kappa shape index (κ1) is 12.0. The maximum absolute atomic E-state index is 5.92. The smallest absolute Gasteiger partial charge is 0.150 e. The van der Waals surface area contributed by atoms with Gasteiger partial charge in [0.2, 0.25) is 0 Å². The lowest BCUT2D eigenvalue weighted by Crippen LogP contribution is -2.17. The minimum absolute atomic E-state index is 0.123. The Kier molecular flexibility index (Phi) is 3.09. The van der Waals surface area contributed by atoms with Crippen LogP contribution in [0.2, 0.25) is 0 Å². The lowest BCUT2D eigenvalue weighted by Gasteiger charge is -2.10. The molecule has 1 atom stereocenters. The predicted molar refractivity (Wildman–Crippen MR) is 72.7 cm³/mol. The van der Waals surface area contributed by atoms with Crippen LogP contribution in [-0.2, 0) is 6.54 Å². The molecule has 0 amide bonds. The van der Waals surface area contributed by atoms with Crippen LogP contribution in [0.1, 0.15) is 30.0 Å². The fourth-order valence-corrected chi connectivity index (χ4v) is 2.29. The number of nitrogens with one attached hydrogen (secondary N) is 1. The highest BCUT2D eigenvalue weighted by molar-refractivity contribution is 5.82. The summed E-state index contributed by atoms with van der Waals surface area (Å²) in [5.74, 6) is 1.79. The third kappa shape index (κ3) is 2.27. The van der Waals surface area contributed by atoms with Crippen molar-refractivity contribution in [2.24, 2.45) is 0 Å². The summed E-state index contributed by atoms with van der Waals surface area (Å²) in [7, 11) is 0. The van der Waals surface area contributed by atoms with Crippen LogP contribution in [0.3, 0.4) is 0 Å². The second-order valence-corrected chi connectivity index (χ2v) is 4.67. The maximum atomic E-state index is 5.92. The van der Waals surface area contributed by atoms with E-state index in [1.54, 1.807) is 6.20 Å². The second-order valence-electron chi connectivity index (χ2n) is 4.67. The van der Waals surface area contributed by atoms with Gasteiger partial charge in [-0.15, -0.1) is 0 Å². The molecule has 1 N–H and O–H groups in total. The van der Waals surface area contributed by atoms with Gasteiger partial charge in [-0.25, -0.2) is 0 Å². The van der Waals surface area contributed by atoms with Crippen molar-refractivity contribution in [3.05, 3.63) is 53.6 Å². The van der Waals surface area contributed by atoms with Gasteiger partial charge in [-0.3, -0.25) is 0 Å². The minimum atomic E-state index is 0.123. The SMILES string of the molecule is Cc1c(C(C)NCc2ccno2)oc2ccccc12. The standard InChI is InChI=1S/C15H16N2O2/c1-10-13-5-3-4-6-14(13)18-15(10)11(2)16-9-12-7-8-17-19-12/h3-8,11,16H,9H2,1-2H3. The molecule has 0 saturated heterocycles. The van der Waals surface area contributed by atoms with E-state index in [0.717, 1.165) is 17.1 Å². The topological polar surface area (TPSA) is 51.2 Å². The molecule has 4 heteroatoms. The largest absolute Gasteiger partial charge is 0.459 e. The fourth-order valence-electron chi connectivity index (χ4n) is 2.29. The average molecular weight is 256 g/mol. The van der Waals surface area contributed by atoms with Crippen LogP contribution in [0.4, 0.5) is 0 Å². The average Bonchev–Trinajstić information content (AvgIpc) is 3.05. The molecule has 3 rings (SSSR count). The molecule has 0 aliphatic carbocycles. The number of hydrogen-bond acceptors (Lipinski definition) is 4. The zero-order valence-electron chi connectivity index (χ0n) is 11.0.